The van der Waals surface area contributed by atoms with Gasteiger partial charge in [-0.1, -0.05) is 6.07 Å². The van der Waals surface area contributed by atoms with Crippen LogP contribution in [-0.2, 0) is 13.0 Å². The summed E-state index contributed by atoms with van der Waals surface area (Å²) in [6.45, 7) is 3.31. The molecule has 156 valence electrons. The lowest BCUT2D eigenvalue weighted by atomic mass is 10.0. The fourth-order valence-electron chi connectivity index (χ4n) is 3.86. The van der Waals surface area contributed by atoms with Crippen LogP contribution < -0.4 is 14.4 Å². The lowest BCUT2D eigenvalue weighted by Gasteiger charge is -2.30. The minimum Gasteiger partial charge on any atom is -0.497 e. The zero-order valence-electron chi connectivity index (χ0n) is 17.3. The average Bonchev–Trinajstić information content (AvgIpc) is 2.80. The Bertz CT molecular complexity index is 1280. The second-order valence-electron chi connectivity index (χ2n) is 7.56. The number of anilines is 1. The molecule has 1 aliphatic heterocycles. The highest BCUT2D eigenvalue weighted by molar-refractivity contribution is 5.90. The number of hydrogen-bond donors (Lipinski definition) is 0. The molecule has 0 fully saturated rings. The van der Waals surface area contributed by atoms with E-state index in [1.54, 1.807) is 31.8 Å². The Balaban J connectivity index is 1.46. The molecule has 6 nitrogen and oxygen atoms in total. The molecule has 0 aliphatic carbocycles. The van der Waals surface area contributed by atoms with Crippen LogP contribution in [0.15, 0.2) is 55.0 Å². The molecule has 0 radical (unpaired) electrons. The van der Waals surface area contributed by atoms with Gasteiger partial charge in [0.05, 0.1) is 18.8 Å². The highest BCUT2D eigenvalue weighted by Crippen LogP contribution is 2.32. The summed E-state index contributed by atoms with van der Waals surface area (Å²) in [7, 11) is 1.64. The third-order valence-electron chi connectivity index (χ3n) is 5.45. The highest BCUT2D eigenvalue weighted by atomic mass is 19.1. The highest BCUT2D eigenvalue weighted by Gasteiger charge is 2.21. The van der Waals surface area contributed by atoms with E-state index in [0.717, 1.165) is 52.3 Å². The number of halogens is 1. The van der Waals surface area contributed by atoms with Crippen LogP contribution in [0.1, 0.15) is 16.8 Å². The molecular weight excluding hydrogens is 395 g/mol. The predicted molar refractivity (Wildman–Crippen MR) is 116 cm³/mol. The van der Waals surface area contributed by atoms with Crippen molar-refractivity contribution in [2.45, 2.75) is 19.9 Å². The summed E-state index contributed by atoms with van der Waals surface area (Å²) in [5, 5.41) is 0.937. The van der Waals surface area contributed by atoms with Crippen molar-refractivity contribution in [3.8, 4) is 17.2 Å². The van der Waals surface area contributed by atoms with Gasteiger partial charge in [-0.05, 0) is 54.4 Å². The molecule has 0 amide bonds. The molecule has 3 heterocycles. The summed E-state index contributed by atoms with van der Waals surface area (Å²) >= 11 is 0. The van der Waals surface area contributed by atoms with Crippen molar-refractivity contribution in [3.63, 3.8) is 0 Å². The van der Waals surface area contributed by atoms with Gasteiger partial charge >= 0.3 is 0 Å². The van der Waals surface area contributed by atoms with Crippen LogP contribution in [0.3, 0.4) is 0 Å². The van der Waals surface area contributed by atoms with Crippen molar-refractivity contribution >= 4 is 16.7 Å². The molecule has 1 aliphatic rings. The topological polar surface area (TPSA) is 60.4 Å². The monoisotopic (exact) mass is 416 g/mol. The number of fused-ring (bicyclic) bond motifs is 2. The van der Waals surface area contributed by atoms with Crippen molar-refractivity contribution in [3.05, 3.63) is 77.6 Å². The molecule has 2 aromatic heterocycles. The van der Waals surface area contributed by atoms with E-state index in [-0.39, 0.29) is 5.75 Å². The van der Waals surface area contributed by atoms with Gasteiger partial charge in [0.2, 0.25) is 0 Å². The molecule has 0 spiro atoms. The first-order valence-electron chi connectivity index (χ1n) is 10.1. The first-order chi connectivity index (χ1) is 15.1. The number of pyridine rings is 1. The number of ether oxygens (including phenoxy) is 2. The van der Waals surface area contributed by atoms with Gasteiger partial charge in [0, 0.05) is 30.6 Å². The van der Waals surface area contributed by atoms with Gasteiger partial charge in [-0.2, -0.15) is 0 Å². The number of hydrogen-bond acceptors (Lipinski definition) is 6. The Morgan fingerprint density at radius 3 is 2.77 bits per heavy atom. The molecule has 4 aromatic rings. The van der Waals surface area contributed by atoms with E-state index in [1.807, 2.05) is 31.2 Å². The second kappa shape index (κ2) is 7.83. The summed E-state index contributed by atoms with van der Waals surface area (Å²) < 4.78 is 25.3. The third kappa shape index (κ3) is 3.74. The molecule has 7 heteroatoms. The van der Waals surface area contributed by atoms with Gasteiger partial charge < -0.3 is 14.4 Å². The van der Waals surface area contributed by atoms with Gasteiger partial charge in [-0.3, -0.25) is 4.98 Å². The third-order valence-corrected chi connectivity index (χ3v) is 5.45. The average molecular weight is 416 g/mol. The van der Waals surface area contributed by atoms with E-state index in [4.69, 9.17) is 9.47 Å². The summed E-state index contributed by atoms with van der Waals surface area (Å²) in [4.78, 5) is 15.7. The van der Waals surface area contributed by atoms with Gasteiger partial charge in [-0.25, -0.2) is 14.4 Å². The van der Waals surface area contributed by atoms with Crippen LogP contribution in [0, 0.1) is 12.7 Å². The maximum atomic E-state index is 14.1. The zero-order valence-corrected chi connectivity index (χ0v) is 17.3. The molecule has 0 unspecified atom stereocenters. The molecule has 0 saturated heterocycles. The van der Waals surface area contributed by atoms with Crippen LogP contribution in [0.2, 0.25) is 0 Å². The van der Waals surface area contributed by atoms with Crippen molar-refractivity contribution in [1.29, 1.82) is 0 Å². The maximum Gasteiger partial charge on any atom is 0.165 e. The number of aromatic nitrogens is 3. The summed E-state index contributed by atoms with van der Waals surface area (Å²) in [5.41, 5.74) is 3.84. The minimum atomic E-state index is -0.397. The summed E-state index contributed by atoms with van der Waals surface area (Å²) in [6.07, 6.45) is 4.02. The van der Waals surface area contributed by atoms with Crippen molar-refractivity contribution < 1.29 is 13.9 Å². The molecule has 0 atom stereocenters. The molecule has 2 aromatic carbocycles. The number of aryl methyl sites for hydroxylation is 1. The van der Waals surface area contributed by atoms with Crippen molar-refractivity contribution in [1.82, 2.24) is 15.0 Å². The Kier molecular flexibility index (Phi) is 4.86. The fraction of sp³-hybridized carbons (Fsp3) is 0.208. The predicted octanol–water partition coefficient (Wildman–Crippen LogP) is 4.84. The molecule has 31 heavy (non-hydrogen) atoms. The Morgan fingerprint density at radius 2 is 1.90 bits per heavy atom. The number of benzene rings is 2. The molecule has 0 saturated carbocycles. The van der Waals surface area contributed by atoms with Crippen LogP contribution in [-0.4, -0.2) is 28.6 Å². The molecule has 0 N–H and O–H groups in total. The standard InChI is InChI=1S/C24H21FN4O2/c1-15-3-5-20(25)23(9-15)31-18-10-16-13-29(8-7-21(16)26-12-18)24-19-11-17(30-2)4-6-22(19)27-14-28-24/h3-6,9-12,14H,7-8,13H2,1-2H3. The normalized spacial score (nSPS) is 13.2. The Hall–Kier alpha value is -3.74. The molecule has 0 bridgehead atoms. The zero-order chi connectivity index (χ0) is 21.4. The number of rotatable bonds is 4. The van der Waals surface area contributed by atoms with E-state index in [9.17, 15) is 4.39 Å². The number of nitrogens with zero attached hydrogens (tertiary/aromatic N) is 4. The first kappa shape index (κ1) is 19.2. The minimum absolute atomic E-state index is 0.198. The van der Waals surface area contributed by atoms with E-state index in [0.29, 0.717) is 12.3 Å². The van der Waals surface area contributed by atoms with Gasteiger partial charge in [0.15, 0.2) is 11.6 Å². The van der Waals surface area contributed by atoms with E-state index >= 15 is 0 Å². The van der Waals surface area contributed by atoms with Gasteiger partial charge in [0.25, 0.3) is 0 Å². The Morgan fingerprint density at radius 1 is 1.00 bits per heavy atom. The smallest absolute Gasteiger partial charge is 0.165 e. The van der Waals surface area contributed by atoms with Crippen LogP contribution in [0.5, 0.6) is 17.2 Å². The van der Waals surface area contributed by atoms with E-state index in [2.05, 4.69) is 19.9 Å². The fourth-order valence-corrected chi connectivity index (χ4v) is 3.86. The Labute approximate surface area is 179 Å². The quantitative estimate of drug-likeness (QED) is 0.475. The largest absolute Gasteiger partial charge is 0.497 e. The van der Waals surface area contributed by atoms with Gasteiger partial charge in [0.1, 0.15) is 23.6 Å². The molecular formula is C24H21FN4O2. The lowest BCUT2D eigenvalue weighted by Crippen LogP contribution is -2.31. The number of methoxy groups -OCH3 is 1. The van der Waals surface area contributed by atoms with Gasteiger partial charge in [-0.15, -0.1) is 0 Å². The summed E-state index contributed by atoms with van der Waals surface area (Å²) in [6, 6.07) is 12.5. The van der Waals surface area contributed by atoms with Crippen molar-refractivity contribution in [2.75, 3.05) is 18.6 Å². The SMILES string of the molecule is COc1ccc2ncnc(N3CCc4ncc(Oc5cc(C)ccc5F)cc4C3)c2c1. The maximum absolute atomic E-state index is 14.1. The van der Waals surface area contributed by atoms with Crippen LogP contribution >= 0.6 is 0 Å². The van der Waals surface area contributed by atoms with Crippen LogP contribution in [0.4, 0.5) is 10.2 Å². The molecule has 5 rings (SSSR count). The second-order valence-corrected chi connectivity index (χ2v) is 7.56. The first-order valence-corrected chi connectivity index (χ1v) is 10.1. The van der Waals surface area contributed by atoms with Crippen molar-refractivity contribution in [2.24, 2.45) is 0 Å². The van der Waals surface area contributed by atoms with E-state index < -0.39 is 5.82 Å². The lowest BCUT2D eigenvalue weighted by molar-refractivity contribution is 0.415. The summed E-state index contributed by atoms with van der Waals surface area (Å²) in [5.74, 6) is 1.93. The van der Waals surface area contributed by atoms with Crippen LogP contribution in [0.25, 0.3) is 10.9 Å². The van der Waals surface area contributed by atoms with E-state index in [1.165, 1.54) is 6.07 Å².